The van der Waals surface area contributed by atoms with Crippen LogP contribution in [0.3, 0.4) is 0 Å². The summed E-state index contributed by atoms with van der Waals surface area (Å²) in [6.45, 7) is 7.38. The van der Waals surface area contributed by atoms with Crippen molar-refractivity contribution in [1.29, 1.82) is 0 Å². The van der Waals surface area contributed by atoms with Gasteiger partial charge in [-0.15, -0.1) is 0 Å². The van der Waals surface area contributed by atoms with Crippen molar-refractivity contribution in [1.82, 2.24) is 25.3 Å². The minimum atomic E-state index is -1.00. The molecule has 11 nitrogen and oxygen atoms in total. The fourth-order valence-electron chi connectivity index (χ4n) is 4.27. The van der Waals surface area contributed by atoms with Gasteiger partial charge in [-0.25, -0.2) is 15.0 Å². The third-order valence-corrected chi connectivity index (χ3v) is 5.98. The van der Waals surface area contributed by atoms with Crippen molar-refractivity contribution in [2.24, 2.45) is 11.8 Å². The van der Waals surface area contributed by atoms with E-state index in [0.717, 1.165) is 37.6 Å². The fourth-order valence-corrected chi connectivity index (χ4v) is 4.27. The third kappa shape index (κ3) is 7.20. The standard InChI is InChI=1S/C26H32N8O3/c1-17(2)13-19(15-24(35)36)26(37)31-20-3-4-21(32-22-16-28-7-8-29-22)33-25(20)18-5-6-30-23(14-18)34-11-9-27-10-12-34/h3-8,14,16-17,19,27H,9-13,15H2,1-2H3,(H,31,37)(H,35,36)(H,29,32,33). The van der Waals surface area contributed by atoms with Crippen molar-refractivity contribution in [2.75, 3.05) is 41.7 Å². The van der Waals surface area contributed by atoms with Gasteiger partial charge in [-0.3, -0.25) is 14.6 Å². The van der Waals surface area contributed by atoms with Gasteiger partial charge in [-0.05, 0) is 36.6 Å². The molecule has 194 valence electrons. The zero-order valence-electron chi connectivity index (χ0n) is 21.0. The molecule has 1 unspecified atom stereocenters. The van der Waals surface area contributed by atoms with Crippen LogP contribution in [0.15, 0.2) is 49.1 Å². The molecule has 11 heteroatoms. The summed E-state index contributed by atoms with van der Waals surface area (Å²) in [5, 5.41) is 18.8. The highest BCUT2D eigenvalue weighted by molar-refractivity contribution is 5.97. The van der Waals surface area contributed by atoms with Crippen LogP contribution in [-0.4, -0.2) is 63.1 Å². The molecule has 0 spiro atoms. The summed E-state index contributed by atoms with van der Waals surface area (Å²) < 4.78 is 0. The number of carboxylic acids is 1. The second-order valence-electron chi connectivity index (χ2n) is 9.36. The maximum Gasteiger partial charge on any atom is 0.304 e. The molecule has 1 aliphatic heterocycles. The first-order valence-electron chi connectivity index (χ1n) is 12.4. The van der Waals surface area contributed by atoms with Gasteiger partial charge in [-0.1, -0.05) is 13.8 Å². The fraction of sp³-hybridized carbons (Fsp3) is 0.385. The summed E-state index contributed by atoms with van der Waals surface area (Å²) in [7, 11) is 0. The predicted octanol–water partition coefficient (Wildman–Crippen LogP) is 3.16. The lowest BCUT2D eigenvalue weighted by Gasteiger charge is -2.28. The first-order valence-corrected chi connectivity index (χ1v) is 12.4. The molecule has 4 heterocycles. The second kappa shape index (κ2) is 12.2. The number of pyridine rings is 2. The lowest BCUT2D eigenvalue weighted by Crippen LogP contribution is -2.43. The number of nitrogens with one attached hydrogen (secondary N) is 3. The molecular weight excluding hydrogens is 472 g/mol. The van der Waals surface area contributed by atoms with Crippen LogP contribution >= 0.6 is 0 Å². The number of piperazine rings is 1. The summed E-state index contributed by atoms with van der Waals surface area (Å²) in [6, 6.07) is 7.30. The summed E-state index contributed by atoms with van der Waals surface area (Å²) in [6.07, 6.45) is 6.72. The number of amides is 1. The smallest absolute Gasteiger partial charge is 0.304 e. The lowest BCUT2D eigenvalue weighted by atomic mass is 9.93. The molecule has 4 rings (SSSR count). The van der Waals surface area contributed by atoms with Gasteiger partial charge in [0.1, 0.15) is 17.5 Å². The molecule has 0 bridgehead atoms. The van der Waals surface area contributed by atoms with Crippen LogP contribution in [0.1, 0.15) is 26.7 Å². The second-order valence-corrected chi connectivity index (χ2v) is 9.36. The van der Waals surface area contributed by atoms with Crippen molar-refractivity contribution in [3.63, 3.8) is 0 Å². The maximum absolute atomic E-state index is 13.2. The number of hydrogen-bond donors (Lipinski definition) is 4. The Bertz CT molecular complexity index is 1220. The number of anilines is 4. The van der Waals surface area contributed by atoms with Crippen molar-refractivity contribution in [2.45, 2.75) is 26.7 Å². The largest absolute Gasteiger partial charge is 0.481 e. The minimum Gasteiger partial charge on any atom is -0.481 e. The van der Waals surface area contributed by atoms with Crippen LogP contribution in [0, 0.1) is 11.8 Å². The van der Waals surface area contributed by atoms with Crippen molar-refractivity contribution < 1.29 is 14.7 Å². The van der Waals surface area contributed by atoms with E-state index >= 15 is 0 Å². The molecule has 1 fully saturated rings. The van der Waals surface area contributed by atoms with Crippen molar-refractivity contribution in [3.8, 4) is 11.3 Å². The highest BCUT2D eigenvalue weighted by Gasteiger charge is 2.24. The first kappa shape index (κ1) is 26.0. The topological polar surface area (TPSA) is 145 Å². The quantitative estimate of drug-likeness (QED) is 0.325. The molecule has 1 amide bonds. The summed E-state index contributed by atoms with van der Waals surface area (Å²) in [4.78, 5) is 44.5. The lowest BCUT2D eigenvalue weighted by molar-refractivity contribution is -0.140. The minimum absolute atomic E-state index is 0.174. The number of carboxylic acid groups (broad SMARTS) is 1. The van der Waals surface area contributed by atoms with Gasteiger partial charge >= 0.3 is 5.97 Å². The Morgan fingerprint density at radius 1 is 1.08 bits per heavy atom. The Kier molecular flexibility index (Phi) is 8.57. The van der Waals surface area contributed by atoms with Gasteiger partial charge in [-0.2, -0.15) is 0 Å². The number of aliphatic carboxylic acids is 1. The monoisotopic (exact) mass is 504 g/mol. The van der Waals surface area contributed by atoms with Crippen LogP contribution < -0.4 is 20.9 Å². The third-order valence-electron chi connectivity index (χ3n) is 5.98. The van der Waals surface area contributed by atoms with Gasteiger partial charge in [0.15, 0.2) is 0 Å². The number of hydrogen-bond acceptors (Lipinski definition) is 9. The SMILES string of the molecule is CC(C)CC(CC(=O)O)C(=O)Nc1ccc(Nc2cnccn2)nc1-c1ccnc(N2CCNCC2)c1. The first-order chi connectivity index (χ1) is 17.9. The number of carbonyl (C=O) groups is 2. The van der Waals surface area contributed by atoms with E-state index in [2.05, 4.69) is 35.8 Å². The molecule has 0 aromatic carbocycles. The summed E-state index contributed by atoms with van der Waals surface area (Å²) in [5.41, 5.74) is 1.81. The number of aromatic nitrogens is 4. The van der Waals surface area contributed by atoms with Crippen LogP contribution in [0.5, 0.6) is 0 Å². The highest BCUT2D eigenvalue weighted by atomic mass is 16.4. The van der Waals surface area contributed by atoms with Crippen LogP contribution in [-0.2, 0) is 9.59 Å². The van der Waals surface area contributed by atoms with E-state index < -0.39 is 11.9 Å². The predicted molar refractivity (Wildman–Crippen MR) is 142 cm³/mol. The average Bonchev–Trinajstić information content (AvgIpc) is 2.90. The molecule has 1 saturated heterocycles. The zero-order chi connectivity index (χ0) is 26.2. The molecule has 3 aromatic heterocycles. The van der Waals surface area contributed by atoms with E-state index in [1.54, 1.807) is 36.9 Å². The van der Waals surface area contributed by atoms with Gasteiger partial charge in [0.05, 0.1) is 24.0 Å². The Morgan fingerprint density at radius 2 is 1.89 bits per heavy atom. The number of carbonyl (C=O) groups excluding carboxylic acids is 1. The van der Waals surface area contributed by atoms with E-state index in [9.17, 15) is 14.7 Å². The zero-order valence-corrected chi connectivity index (χ0v) is 21.0. The Hall–Kier alpha value is -4.12. The maximum atomic E-state index is 13.2. The van der Waals surface area contributed by atoms with Crippen molar-refractivity contribution >= 4 is 35.0 Å². The summed E-state index contributed by atoms with van der Waals surface area (Å²) in [5.74, 6) is 0.0620. The molecule has 0 saturated carbocycles. The van der Waals surface area contributed by atoms with Crippen LogP contribution in [0.25, 0.3) is 11.3 Å². The molecule has 4 N–H and O–H groups in total. The average molecular weight is 505 g/mol. The molecule has 1 atom stereocenters. The molecule has 1 aliphatic rings. The van der Waals surface area contributed by atoms with Gasteiger partial charge in [0, 0.05) is 56.3 Å². The number of rotatable bonds is 10. The molecular formula is C26H32N8O3. The van der Waals surface area contributed by atoms with Gasteiger partial charge in [0.2, 0.25) is 5.91 Å². The number of nitrogens with zero attached hydrogens (tertiary/aromatic N) is 5. The Labute approximate surface area is 215 Å². The Morgan fingerprint density at radius 3 is 2.59 bits per heavy atom. The highest BCUT2D eigenvalue weighted by Crippen LogP contribution is 2.31. The van der Waals surface area contributed by atoms with Crippen LogP contribution in [0.4, 0.5) is 23.1 Å². The van der Waals surface area contributed by atoms with Gasteiger partial charge < -0.3 is 26.0 Å². The molecule has 37 heavy (non-hydrogen) atoms. The van der Waals surface area contributed by atoms with Crippen molar-refractivity contribution in [3.05, 3.63) is 49.1 Å². The molecule has 3 aromatic rings. The van der Waals surface area contributed by atoms with Crippen LogP contribution in [0.2, 0.25) is 0 Å². The van der Waals surface area contributed by atoms with Gasteiger partial charge in [0.25, 0.3) is 0 Å². The molecule has 0 aliphatic carbocycles. The summed E-state index contributed by atoms with van der Waals surface area (Å²) >= 11 is 0. The molecule has 0 radical (unpaired) electrons. The van der Waals surface area contributed by atoms with E-state index in [4.69, 9.17) is 4.98 Å². The van der Waals surface area contributed by atoms with E-state index in [1.807, 2.05) is 26.0 Å². The van der Waals surface area contributed by atoms with E-state index in [-0.39, 0.29) is 18.2 Å². The van der Waals surface area contributed by atoms with E-state index in [0.29, 0.717) is 29.4 Å². The Balaban J connectivity index is 1.68. The normalized spacial score (nSPS) is 14.3. The van der Waals surface area contributed by atoms with E-state index in [1.165, 1.54) is 0 Å².